The van der Waals surface area contributed by atoms with Gasteiger partial charge in [0.1, 0.15) is 0 Å². The number of anilines is 1. The van der Waals surface area contributed by atoms with Gasteiger partial charge in [-0.2, -0.15) is 0 Å². The van der Waals surface area contributed by atoms with Gasteiger partial charge in [-0.15, -0.1) is 0 Å². The molecule has 1 aliphatic heterocycles. The fourth-order valence-electron chi connectivity index (χ4n) is 3.03. The van der Waals surface area contributed by atoms with Crippen molar-refractivity contribution >= 4 is 28.8 Å². The average Bonchev–Trinajstić information content (AvgIpc) is 2.87. The number of benzene rings is 1. The van der Waals surface area contributed by atoms with Gasteiger partial charge in [0, 0.05) is 31.1 Å². The Balaban J connectivity index is 2.02. The minimum absolute atomic E-state index is 0.0804. The first-order chi connectivity index (χ1) is 11.3. The van der Waals surface area contributed by atoms with E-state index in [-0.39, 0.29) is 11.5 Å². The second-order valence-corrected chi connectivity index (χ2v) is 6.06. The number of pyridine rings is 1. The Morgan fingerprint density at radius 2 is 2.12 bits per heavy atom. The largest absolute Gasteiger partial charge is 0.333 e. The lowest BCUT2D eigenvalue weighted by Gasteiger charge is -2.30. The first-order valence-corrected chi connectivity index (χ1v) is 7.63. The molecule has 7 heteroatoms. The van der Waals surface area contributed by atoms with Crippen LogP contribution in [0.5, 0.6) is 0 Å². The van der Waals surface area contributed by atoms with Crippen molar-refractivity contribution in [1.82, 2.24) is 9.88 Å². The van der Waals surface area contributed by atoms with Crippen molar-refractivity contribution < 1.29 is 14.3 Å². The van der Waals surface area contributed by atoms with E-state index in [1.807, 2.05) is 18.2 Å². The van der Waals surface area contributed by atoms with Crippen molar-refractivity contribution in [2.45, 2.75) is 25.8 Å². The summed E-state index contributed by atoms with van der Waals surface area (Å²) in [5.74, 6) is -0.219. The molecular formula is C17H19N3O4. The standard InChI is InChI=1S/C17H19N3O4/c1-11(22)18-15-9-20(17(2,10-21)24-15)13-5-6-14-12(8-13)4-7-16(23)19(14)3/h4-8,10,15H,9H2,1-3H3,(H,18,22)/t15-,17?/m0/s1. The van der Waals surface area contributed by atoms with Crippen molar-refractivity contribution in [3.63, 3.8) is 0 Å². The van der Waals surface area contributed by atoms with Gasteiger partial charge in [0.05, 0.1) is 12.1 Å². The van der Waals surface area contributed by atoms with Crippen LogP contribution in [0.3, 0.4) is 0 Å². The van der Waals surface area contributed by atoms with Gasteiger partial charge in [-0.25, -0.2) is 0 Å². The van der Waals surface area contributed by atoms with Crippen LogP contribution in [-0.4, -0.2) is 35.3 Å². The lowest BCUT2D eigenvalue weighted by molar-refractivity contribution is -0.133. The molecule has 24 heavy (non-hydrogen) atoms. The SMILES string of the molecule is CC(=O)N[C@@H]1CN(c2ccc3c(ccc(=O)n3C)c2)C(C)(C=O)O1. The predicted octanol–water partition coefficient (Wildman–Crippen LogP) is 0.752. The third kappa shape index (κ3) is 2.67. The average molecular weight is 329 g/mol. The minimum atomic E-state index is -1.17. The van der Waals surface area contributed by atoms with Gasteiger partial charge in [-0.05, 0) is 31.2 Å². The Kier molecular flexibility index (Phi) is 3.88. The Morgan fingerprint density at radius 1 is 1.38 bits per heavy atom. The van der Waals surface area contributed by atoms with E-state index in [4.69, 9.17) is 4.74 Å². The summed E-state index contributed by atoms with van der Waals surface area (Å²) in [6.07, 6.45) is 0.160. The molecular weight excluding hydrogens is 310 g/mol. The molecule has 7 nitrogen and oxygen atoms in total. The Hall–Kier alpha value is -2.67. The quantitative estimate of drug-likeness (QED) is 0.841. The second kappa shape index (κ2) is 5.76. The van der Waals surface area contributed by atoms with E-state index in [1.165, 1.54) is 13.0 Å². The minimum Gasteiger partial charge on any atom is -0.333 e. The predicted molar refractivity (Wildman–Crippen MR) is 89.7 cm³/mol. The molecule has 1 aliphatic rings. The van der Waals surface area contributed by atoms with Crippen molar-refractivity contribution in [2.75, 3.05) is 11.4 Å². The maximum atomic E-state index is 11.7. The van der Waals surface area contributed by atoms with Crippen LogP contribution in [0.1, 0.15) is 13.8 Å². The summed E-state index contributed by atoms with van der Waals surface area (Å²) in [4.78, 5) is 36.3. The molecule has 1 aromatic heterocycles. The highest BCUT2D eigenvalue weighted by molar-refractivity contribution is 5.84. The number of nitrogens with zero attached hydrogens (tertiary/aromatic N) is 2. The summed E-state index contributed by atoms with van der Waals surface area (Å²) >= 11 is 0. The fourth-order valence-corrected chi connectivity index (χ4v) is 3.03. The molecule has 0 radical (unpaired) electrons. The Morgan fingerprint density at radius 3 is 2.79 bits per heavy atom. The highest BCUT2D eigenvalue weighted by atomic mass is 16.6. The molecule has 1 unspecified atom stereocenters. The van der Waals surface area contributed by atoms with E-state index < -0.39 is 12.0 Å². The van der Waals surface area contributed by atoms with Gasteiger partial charge in [-0.3, -0.25) is 14.4 Å². The van der Waals surface area contributed by atoms with Crippen molar-refractivity contribution in [3.8, 4) is 0 Å². The summed E-state index contributed by atoms with van der Waals surface area (Å²) < 4.78 is 7.27. The molecule has 1 aromatic carbocycles. The summed E-state index contributed by atoms with van der Waals surface area (Å²) in [6, 6.07) is 8.83. The highest BCUT2D eigenvalue weighted by Gasteiger charge is 2.43. The number of hydrogen-bond acceptors (Lipinski definition) is 5. The lowest BCUT2D eigenvalue weighted by Crippen LogP contribution is -2.43. The van der Waals surface area contributed by atoms with Crippen molar-refractivity contribution in [1.29, 1.82) is 0 Å². The van der Waals surface area contributed by atoms with Gasteiger partial charge in [-0.1, -0.05) is 0 Å². The second-order valence-electron chi connectivity index (χ2n) is 6.06. The number of aldehydes is 1. The fraction of sp³-hybridized carbons (Fsp3) is 0.353. The summed E-state index contributed by atoms with van der Waals surface area (Å²) in [5.41, 5.74) is 0.339. The van der Waals surface area contributed by atoms with Gasteiger partial charge < -0.3 is 19.5 Å². The van der Waals surface area contributed by atoms with Crippen LogP contribution in [0.2, 0.25) is 0 Å². The van der Waals surface area contributed by atoms with E-state index in [9.17, 15) is 14.4 Å². The van der Waals surface area contributed by atoms with Gasteiger partial charge in [0.2, 0.25) is 5.91 Å². The van der Waals surface area contributed by atoms with Crippen LogP contribution in [0, 0.1) is 0 Å². The van der Waals surface area contributed by atoms with Crippen molar-refractivity contribution in [3.05, 3.63) is 40.7 Å². The van der Waals surface area contributed by atoms with Crippen LogP contribution < -0.4 is 15.8 Å². The first-order valence-electron chi connectivity index (χ1n) is 7.63. The molecule has 2 heterocycles. The Labute approximate surface area is 138 Å². The van der Waals surface area contributed by atoms with Crippen LogP contribution in [0.15, 0.2) is 35.1 Å². The molecule has 2 atom stereocenters. The topological polar surface area (TPSA) is 80.6 Å². The van der Waals surface area contributed by atoms with Gasteiger partial charge >= 0.3 is 0 Å². The van der Waals surface area contributed by atoms with E-state index in [1.54, 1.807) is 29.5 Å². The number of carbonyl (C=O) groups excluding carboxylic acids is 2. The van der Waals surface area contributed by atoms with E-state index >= 15 is 0 Å². The molecule has 0 saturated carbocycles. The smallest absolute Gasteiger partial charge is 0.250 e. The van der Waals surface area contributed by atoms with Crippen LogP contribution >= 0.6 is 0 Å². The van der Waals surface area contributed by atoms with Gasteiger partial charge in [0.15, 0.2) is 18.2 Å². The third-order valence-corrected chi connectivity index (χ3v) is 4.27. The number of carbonyl (C=O) groups is 2. The zero-order valence-corrected chi connectivity index (χ0v) is 13.8. The number of ether oxygens (including phenoxy) is 1. The number of aromatic nitrogens is 1. The molecule has 1 amide bonds. The molecule has 0 spiro atoms. The zero-order chi connectivity index (χ0) is 17.5. The lowest BCUT2D eigenvalue weighted by atomic mass is 10.1. The van der Waals surface area contributed by atoms with Gasteiger partial charge in [0.25, 0.3) is 5.56 Å². The molecule has 3 rings (SSSR count). The summed E-state index contributed by atoms with van der Waals surface area (Å²) in [6.45, 7) is 3.42. The summed E-state index contributed by atoms with van der Waals surface area (Å²) in [5, 5.41) is 3.56. The molecule has 0 aliphatic carbocycles. The molecule has 1 fully saturated rings. The molecule has 126 valence electrons. The van der Waals surface area contributed by atoms with Crippen molar-refractivity contribution in [2.24, 2.45) is 7.05 Å². The number of amides is 1. The van der Waals surface area contributed by atoms with E-state index in [2.05, 4.69) is 5.32 Å². The normalized spacial score (nSPS) is 23.5. The molecule has 1 N–H and O–H groups in total. The zero-order valence-electron chi connectivity index (χ0n) is 13.8. The van der Waals surface area contributed by atoms with Crippen LogP contribution in [0.4, 0.5) is 5.69 Å². The molecule has 1 saturated heterocycles. The highest BCUT2D eigenvalue weighted by Crippen LogP contribution is 2.32. The van der Waals surface area contributed by atoms with Crippen LogP contribution in [0.25, 0.3) is 10.9 Å². The number of fused-ring (bicyclic) bond motifs is 1. The number of aryl methyl sites for hydroxylation is 1. The Bertz CT molecular complexity index is 876. The first kappa shape index (κ1) is 16.2. The number of nitrogens with one attached hydrogen (secondary N) is 1. The monoisotopic (exact) mass is 329 g/mol. The number of hydrogen-bond donors (Lipinski definition) is 1. The van der Waals surface area contributed by atoms with Crippen LogP contribution in [-0.2, 0) is 21.4 Å². The molecule has 0 bridgehead atoms. The number of rotatable bonds is 3. The third-order valence-electron chi connectivity index (χ3n) is 4.27. The summed E-state index contributed by atoms with van der Waals surface area (Å²) in [7, 11) is 1.71. The molecule has 2 aromatic rings. The maximum absolute atomic E-state index is 11.7. The van der Waals surface area contributed by atoms with E-state index in [0.29, 0.717) is 6.54 Å². The maximum Gasteiger partial charge on any atom is 0.250 e. The van der Waals surface area contributed by atoms with E-state index in [0.717, 1.165) is 22.9 Å².